The Balaban J connectivity index is 1.72. The molecule has 1 saturated carbocycles. The highest BCUT2D eigenvalue weighted by Gasteiger charge is 2.64. The van der Waals surface area contributed by atoms with E-state index in [-0.39, 0.29) is 34.6 Å². The summed E-state index contributed by atoms with van der Waals surface area (Å²) in [7, 11) is 2.23. The number of amides is 1. The van der Waals surface area contributed by atoms with E-state index < -0.39 is 73.8 Å². The van der Waals surface area contributed by atoms with Gasteiger partial charge in [-0.05, 0) is 56.6 Å². The molecule has 0 heterocycles. The molecule has 2 aromatic carbocycles. The summed E-state index contributed by atoms with van der Waals surface area (Å²) in [6.07, 6.45) is -0.0108. The molecule has 1 amide bonds. The van der Waals surface area contributed by atoms with Crippen LogP contribution in [-0.2, 0) is 30.8 Å². The van der Waals surface area contributed by atoms with Gasteiger partial charge in [0.2, 0.25) is 5.78 Å². The fraction of sp³-hybridized carbons (Fsp3) is 0.345. The van der Waals surface area contributed by atoms with E-state index in [1.807, 2.05) is 0 Å². The largest absolute Gasteiger partial charge is 0.508 e. The second-order valence-corrected chi connectivity index (χ2v) is 13.1. The smallest absolute Gasteiger partial charge is 0.262 e. The number of phenols is 1. The number of aliphatic hydroxyl groups is 3. The lowest BCUT2D eigenvalue weighted by molar-refractivity contribution is -0.153. The Morgan fingerprint density at radius 2 is 1.70 bits per heavy atom. The maximum Gasteiger partial charge on any atom is 0.262 e. The molecule has 5 rings (SSSR count). The lowest BCUT2D eigenvalue weighted by atomic mass is 9.57. The predicted molar refractivity (Wildman–Crippen MR) is 156 cm³/mol. The zero-order valence-corrected chi connectivity index (χ0v) is 24.6. The van der Waals surface area contributed by atoms with E-state index in [1.165, 1.54) is 49.3 Å². The summed E-state index contributed by atoms with van der Waals surface area (Å²) in [4.78, 5) is 42.5. The van der Waals surface area contributed by atoms with Crippen LogP contribution in [0.3, 0.4) is 0 Å². The monoisotopic (exact) mass is 612 g/mol. The predicted octanol–water partition coefficient (Wildman–Crippen LogP) is 0.831. The highest BCUT2D eigenvalue weighted by Crippen LogP contribution is 2.54. The second-order valence-electron chi connectivity index (χ2n) is 11.4. The summed E-state index contributed by atoms with van der Waals surface area (Å²) in [5, 5.41) is 45.7. The standard InChI is InChI=1S/C29H32N4O9S/c1-32(2)18-12-17(31-43(41,42)14-8-6-5-7-9-14)23(34)20-15(18)10-13-11-16-22(33(3)4)25(36)21(28(30)39)27(38)29(16,40)26(37)19(13)24(20)35/h5-9,12-13,16,22,31,34-35,38,40H,10-11H2,1-4H3,(H2,30,39)/t13-,16-,22?,29-/m0/s1. The molecule has 0 bridgehead atoms. The van der Waals surface area contributed by atoms with E-state index in [0.717, 1.165) is 0 Å². The number of nitrogens with zero attached hydrogens (tertiary/aromatic N) is 2. The number of primary amides is 1. The number of hydrogen-bond donors (Lipinski definition) is 6. The highest BCUT2D eigenvalue weighted by molar-refractivity contribution is 7.92. The number of benzene rings is 2. The molecule has 3 aliphatic rings. The number of rotatable bonds is 6. The van der Waals surface area contributed by atoms with Crippen molar-refractivity contribution in [3.05, 3.63) is 64.4 Å². The average Bonchev–Trinajstić information content (AvgIpc) is 2.92. The molecule has 0 aromatic heterocycles. The molecule has 0 spiro atoms. The summed E-state index contributed by atoms with van der Waals surface area (Å²) < 4.78 is 28.5. The number of Topliss-reactive ketones (excluding diaryl/α,β-unsaturated/α-hetero) is 2. The van der Waals surface area contributed by atoms with Crippen LogP contribution in [0.1, 0.15) is 17.5 Å². The molecule has 0 radical (unpaired) electrons. The van der Waals surface area contributed by atoms with E-state index >= 15 is 0 Å². The Kier molecular flexibility index (Phi) is 7.07. The Bertz CT molecular complexity index is 1750. The molecule has 3 aliphatic carbocycles. The first kappa shape index (κ1) is 30.1. The number of carbonyl (C=O) groups excluding carboxylic acids is 3. The normalized spacial score (nSPS) is 25.3. The number of carbonyl (C=O) groups is 3. The molecule has 0 aliphatic heterocycles. The number of aromatic hydroxyl groups is 1. The average molecular weight is 613 g/mol. The van der Waals surface area contributed by atoms with E-state index in [9.17, 15) is 43.2 Å². The molecule has 1 unspecified atom stereocenters. The number of aliphatic hydroxyl groups excluding tert-OH is 2. The molecule has 14 heteroatoms. The third kappa shape index (κ3) is 4.36. The maximum atomic E-state index is 14.1. The number of nitrogens with one attached hydrogen (secondary N) is 1. The second kappa shape index (κ2) is 10.1. The Morgan fingerprint density at radius 1 is 1.07 bits per heavy atom. The van der Waals surface area contributed by atoms with Crippen LogP contribution in [0.15, 0.2) is 58.2 Å². The molecular weight excluding hydrogens is 580 g/mol. The van der Waals surface area contributed by atoms with Gasteiger partial charge >= 0.3 is 0 Å². The fourth-order valence-corrected chi connectivity index (χ4v) is 7.65. The van der Waals surface area contributed by atoms with Crippen molar-refractivity contribution in [3.8, 4) is 5.75 Å². The lowest BCUT2D eigenvalue weighted by Crippen LogP contribution is -2.65. The van der Waals surface area contributed by atoms with E-state index in [0.29, 0.717) is 11.3 Å². The third-order valence-electron chi connectivity index (χ3n) is 8.48. The van der Waals surface area contributed by atoms with E-state index in [4.69, 9.17) is 5.73 Å². The maximum absolute atomic E-state index is 14.1. The molecule has 4 atom stereocenters. The van der Waals surface area contributed by atoms with Crippen LogP contribution in [-0.4, -0.2) is 91.1 Å². The van der Waals surface area contributed by atoms with Crippen molar-refractivity contribution in [1.29, 1.82) is 0 Å². The van der Waals surface area contributed by atoms with E-state index in [2.05, 4.69) is 4.72 Å². The first-order valence-corrected chi connectivity index (χ1v) is 14.8. The number of nitrogens with two attached hydrogens (primary N) is 1. The van der Waals surface area contributed by atoms with Gasteiger partial charge in [0, 0.05) is 31.3 Å². The molecule has 228 valence electrons. The summed E-state index contributed by atoms with van der Waals surface area (Å²) in [6.45, 7) is 0. The molecule has 7 N–H and O–H groups in total. The number of ketones is 2. The van der Waals surface area contributed by atoms with Gasteiger partial charge in [0.25, 0.3) is 15.9 Å². The summed E-state index contributed by atoms with van der Waals surface area (Å²) in [5.74, 6) is -7.88. The Labute approximate surface area is 247 Å². The zero-order valence-electron chi connectivity index (χ0n) is 23.8. The van der Waals surface area contributed by atoms with Gasteiger partial charge in [-0.15, -0.1) is 0 Å². The van der Waals surface area contributed by atoms with Gasteiger partial charge in [-0.2, -0.15) is 0 Å². The lowest BCUT2D eigenvalue weighted by Gasteiger charge is -2.50. The third-order valence-corrected chi connectivity index (χ3v) is 9.86. The van der Waals surface area contributed by atoms with Crippen LogP contribution in [0.25, 0.3) is 5.76 Å². The van der Waals surface area contributed by atoms with Crippen LogP contribution in [0, 0.1) is 11.8 Å². The number of hydrogen-bond acceptors (Lipinski definition) is 11. The van der Waals surface area contributed by atoms with Crippen molar-refractivity contribution >= 4 is 44.6 Å². The van der Waals surface area contributed by atoms with Crippen molar-refractivity contribution in [2.24, 2.45) is 17.6 Å². The molecule has 0 saturated heterocycles. The van der Waals surface area contributed by atoms with Crippen LogP contribution in [0.4, 0.5) is 11.4 Å². The number of likely N-dealkylation sites (N-methyl/N-ethyl adjacent to an activating group) is 1. The quantitative estimate of drug-likeness (QED) is 0.199. The summed E-state index contributed by atoms with van der Waals surface area (Å²) in [5.41, 5.74) is 1.66. The first-order valence-electron chi connectivity index (χ1n) is 13.3. The van der Waals surface area contributed by atoms with E-state index in [1.54, 1.807) is 25.1 Å². The molecule has 1 fully saturated rings. The van der Waals surface area contributed by atoms with Crippen LogP contribution in [0.5, 0.6) is 5.75 Å². The first-order chi connectivity index (χ1) is 20.0. The van der Waals surface area contributed by atoms with Gasteiger partial charge in [-0.3, -0.25) is 24.0 Å². The minimum absolute atomic E-state index is 0.0569. The van der Waals surface area contributed by atoms with Crippen molar-refractivity contribution in [2.75, 3.05) is 37.8 Å². The topological polar surface area (TPSA) is 211 Å². The van der Waals surface area contributed by atoms with Gasteiger partial charge < -0.3 is 31.1 Å². The van der Waals surface area contributed by atoms with Gasteiger partial charge in [0.05, 0.1) is 22.2 Å². The Morgan fingerprint density at radius 3 is 2.26 bits per heavy atom. The van der Waals surface area contributed by atoms with Crippen molar-refractivity contribution in [3.63, 3.8) is 0 Å². The SMILES string of the molecule is CN(C)c1cc(NS(=O)(=O)c2ccccc2)c(O)c2c1C[C@H]1C[C@H]3C(N(C)C)C(=O)C(C(N)=O)=C(O)[C@@]3(O)C(=O)C1=C2O. The Hall–Kier alpha value is -4.40. The van der Waals surface area contributed by atoms with Crippen LogP contribution in [0.2, 0.25) is 0 Å². The van der Waals surface area contributed by atoms with Gasteiger partial charge in [0.1, 0.15) is 17.1 Å². The van der Waals surface area contributed by atoms with Gasteiger partial charge in [-0.1, -0.05) is 18.2 Å². The van der Waals surface area contributed by atoms with Crippen molar-refractivity contribution < 1.29 is 43.2 Å². The van der Waals surface area contributed by atoms with Crippen molar-refractivity contribution in [1.82, 2.24) is 4.90 Å². The molecule has 13 nitrogen and oxygen atoms in total. The van der Waals surface area contributed by atoms with Gasteiger partial charge in [0.15, 0.2) is 17.1 Å². The number of phenolic OH excluding ortho intramolecular Hbond substituents is 1. The molecular formula is C29H32N4O9S. The number of sulfonamides is 1. The zero-order chi connectivity index (χ0) is 31.8. The number of fused-ring (bicyclic) bond motifs is 3. The minimum Gasteiger partial charge on any atom is -0.508 e. The highest BCUT2D eigenvalue weighted by atomic mass is 32.2. The van der Waals surface area contributed by atoms with Crippen LogP contribution >= 0.6 is 0 Å². The van der Waals surface area contributed by atoms with Crippen LogP contribution < -0.4 is 15.4 Å². The van der Waals surface area contributed by atoms with Gasteiger partial charge in [-0.25, -0.2) is 8.42 Å². The summed E-state index contributed by atoms with van der Waals surface area (Å²) >= 11 is 0. The fourth-order valence-electron chi connectivity index (χ4n) is 6.57. The molecule has 2 aromatic rings. The summed E-state index contributed by atoms with van der Waals surface area (Å²) in [6, 6.07) is 7.64. The van der Waals surface area contributed by atoms with Crippen molar-refractivity contribution in [2.45, 2.75) is 29.4 Å². The minimum atomic E-state index is -4.18. The molecule has 43 heavy (non-hydrogen) atoms. The number of anilines is 2.